The summed E-state index contributed by atoms with van der Waals surface area (Å²) in [5.74, 6) is -0.285. The molecule has 1 aromatic heterocycles. The Bertz CT molecular complexity index is 1580. The lowest BCUT2D eigenvalue weighted by Crippen LogP contribution is -2.46. The van der Waals surface area contributed by atoms with Crippen LogP contribution in [0.2, 0.25) is 0 Å². The average Bonchev–Trinajstić information content (AvgIpc) is 3.63. The Kier molecular flexibility index (Phi) is 8.44. The first-order chi connectivity index (χ1) is 20.8. The maximum Gasteiger partial charge on any atom is 0.350 e. The highest BCUT2D eigenvalue weighted by Crippen LogP contribution is 2.30. The summed E-state index contributed by atoms with van der Waals surface area (Å²) in [6.07, 6.45) is 0.344. The van der Waals surface area contributed by atoms with Crippen molar-refractivity contribution in [3.8, 4) is 11.4 Å². The molecule has 2 atom stereocenters. The highest BCUT2D eigenvalue weighted by atomic mass is 19.1. The molecule has 0 saturated carbocycles. The molecular weight excluding hydrogens is 556 g/mol. The number of piperazine rings is 1. The van der Waals surface area contributed by atoms with E-state index in [1.54, 1.807) is 10.9 Å². The van der Waals surface area contributed by atoms with Crippen molar-refractivity contribution < 1.29 is 23.0 Å². The average molecular weight is 592 g/mol. The molecule has 2 aliphatic rings. The first-order valence-corrected chi connectivity index (χ1v) is 14.5. The molecule has 0 radical (unpaired) electrons. The molecule has 2 aliphatic heterocycles. The predicted octanol–water partition coefficient (Wildman–Crippen LogP) is 4.79. The van der Waals surface area contributed by atoms with Crippen molar-refractivity contribution >= 4 is 11.4 Å². The van der Waals surface area contributed by atoms with E-state index < -0.39 is 17.9 Å². The molecular formula is C32H35F2N5O4. The third-order valence-electron chi connectivity index (χ3n) is 7.65. The fourth-order valence-electron chi connectivity index (χ4n) is 5.37. The van der Waals surface area contributed by atoms with Crippen LogP contribution in [-0.2, 0) is 16.0 Å². The van der Waals surface area contributed by atoms with Gasteiger partial charge in [0.1, 0.15) is 36.4 Å². The normalized spacial score (nSPS) is 18.9. The van der Waals surface area contributed by atoms with E-state index in [4.69, 9.17) is 14.2 Å². The summed E-state index contributed by atoms with van der Waals surface area (Å²) < 4.78 is 47.5. The minimum Gasteiger partial charge on any atom is -0.491 e. The van der Waals surface area contributed by atoms with E-state index in [1.807, 2.05) is 36.4 Å². The number of nitrogens with zero attached hydrogens (tertiary/aromatic N) is 5. The van der Waals surface area contributed by atoms with Crippen LogP contribution in [0.5, 0.6) is 5.75 Å². The molecule has 0 N–H and O–H groups in total. The summed E-state index contributed by atoms with van der Waals surface area (Å²) in [5, 5.41) is 4.24. The van der Waals surface area contributed by atoms with Gasteiger partial charge >= 0.3 is 5.69 Å². The molecule has 9 nitrogen and oxygen atoms in total. The van der Waals surface area contributed by atoms with Crippen molar-refractivity contribution in [2.45, 2.75) is 32.8 Å². The van der Waals surface area contributed by atoms with E-state index in [-0.39, 0.29) is 30.6 Å². The van der Waals surface area contributed by atoms with Gasteiger partial charge in [0.05, 0.1) is 12.3 Å². The van der Waals surface area contributed by atoms with E-state index in [2.05, 4.69) is 40.9 Å². The zero-order valence-corrected chi connectivity index (χ0v) is 24.2. The van der Waals surface area contributed by atoms with Crippen molar-refractivity contribution in [3.05, 3.63) is 101 Å². The van der Waals surface area contributed by atoms with Gasteiger partial charge in [0.15, 0.2) is 6.29 Å². The number of hydrogen-bond donors (Lipinski definition) is 0. The number of halogens is 2. The van der Waals surface area contributed by atoms with E-state index in [9.17, 15) is 13.6 Å². The van der Waals surface area contributed by atoms with Gasteiger partial charge in [0.25, 0.3) is 0 Å². The van der Waals surface area contributed by atoms with Gasteiger partial charge in [-0.15, -0.1) is 0 Å². The number of hydrogen-bond acceptors (Lipinski definition) is 7. The molecule has 11 heteroatoms. The molecule has 2 fully saturated rings. The van der Waals surface area contributed by atoms with Crippen LogP contribution in [0.25, 0.3) is 5.69 Å². The van der Waals surface area contributed by atoms with Gasteiger partial charge in [-0.2, -0.15) is 5.10 Å². The molecule has 2 saturated heterocycles. The van der Waals surface area contributed by atoms with Gasteiger partial charge < -0.3 is 24.0 Å². The second-order valence-corrected chi connectivity index (χ2v) is 11.2. The molecule has 0 bridgehead atoms. The number of aromatic nitrogens is 3. The quantitative estimate of drug-likeness (QED) is 0.277. The zero-order valence-electron chi connectivity index (χ0n) is 24.2. The Morgan fingerprint density at radius 2 is 1.53 bits per heavy atom. The second-order valence-electron chi connectivity index (χ2n) is 11.2. The second kappa shape index (κ2) is 12.6. The summed E-state index contributed by atoms with van der Waals surface area (Å²) in [4.78, 5) is 17.4. The molecule has 0 unspecified atom stereocenters. The smallest absolute Gasteiger partial charge is 0.350 e. The first kappa shape index (κ1) is 28.9. The topological polar surface area (TPSA) is 74.0 Å². The lowest BCUT2D eigenvalue weighted by molar-refractivity contribution is -0.0680. The lowest BCUT2D eigenvalue weighted by atomic mass is 10.2. The van der Waals surface area contributed by atoms with Crippen molar-refractivity contribution in [3.63, 3.8) is 0 Å². The Balaban J connectivity index is 0.977. The van der Waals surface area contributed by atoms with E-state index >= 15 is 0 Å². The Morgan fingerprint density at radius 3 is 2.16 bits per heavy atom. The van der Waals surface area contributed by atoms with Crippen LogP contribution in [0.1, 0.15) is 25.7 Å². The highest BCUT2D eigenvalue weighted by molar-refractivity contribution is 5.54. The molecule has 3 heterocycles. The van der Waals surface area contributed by atoms with Gasteiger partial charge in [-0.25, -0.2) is 22.8 Å². The number of rotatable bonds is 9. The number of anilines is 2. The van der Waals surface area contributed by atoms with E-state index in [1.165, 1.54) is 16.8 Å². The molecule has 6 rings (SSSR count). The summed E-state index contributed by atoms with van der Waals surface area (Å²) in [6.45, 7) is 8.73. The largest absolute Gasteiger partial charge is 0.491 e. The molecule has 0 spiro atoms. The van der Waals surface area contributed by atoms with Crippen molar-refractivity contribution in [1.29, 1.82) is 0 Å². The predicted molar refractivity (Wildman–Crippen MR) is 159 cm³/mol. The van der Waals surface area contributed by atoms with Crippen LogP contribution in [-0.4, -0.2) is 59.8 Å². The Hall–Kier alpha value is -4.22. The molecule has 0 amide bonds. The van der Waals surface area contributed by atoms with Crippen LogP contribution < -0.4 is 20.2 Å². The van der Waals surface area contributed by atoms with Gasteiger partial charge in [-0.1, -0.05) is 13.8 Å². The van der Waals surface area contributed by atoms with Crippen LogP contribution in [0.3, 0.4) is 0 Å². The summed E-state index contributed by atoms with van der Waals surface area (Å²) in [5.41, 5.74) is 3.09. The Labute approximate surface area is 248 Å². The first-order valence-electron chi connectivity index (χ1n) is 14.5. The molecule has 0 aliphatic carbocycles. The monoisotopic (exact) mass is 591 g/mol. The van der Waals surface area contributed by atoms with Crippen LogP contribution >= 0.6 is 0 Å². The molecule has 43 heavy (non-hydrogen) atoms. The van der Waals surface area contributed by atoms with Gasteiger partial charge in [0.2, 0.25) is 0 Å². The fourth-order valence-corrected chi connectivity index (χ4v) is 5.37. The zero-order chi connectivity index (χ0) is 29.9. The van der Waals surface area contributed by atoms with Crippen molar-refractivity contribution in [1.82, 2.24) is 14.3 Å². The standard InChI is InChI=1S/C32H35F2N5O4/c1-22(2)18-39-32(40)38(21-35-39)26-6-4-24(5-7-26)36-13-15-37(16-14-36)25-8-10-27(11-9-25)41-19-28-20-42-31(43-28)29-12-3-23(33)17-30(29)34/h3-12,17,21-22,28,31H,13-16,18-20H2,1-2H3/t28-,31-/m1/s1. The summed E-state index contributed by atoms with van der Waals surface area (Å²) in [6, 6.07) is 19.3. The van der Waals surface area contributed by atoms with Gasteiger partial charge in [-0.05, 0) is 66.6 Å². The Morgan fingerprint density at radius 1 is 0.907 bits per heavy atom. The van der Waals surface area contributed by atoms with Crippen LogP contribution in [0.4, 0.5) is 20.2 Å². The summed E-state index contributed by atoms with van der Waals surface area (Å²) >= 11 is 0. The maximum absolute atomic E-state index is 14.0. The molecule has 3 aromatic carbocycles. The number of benzene rings is 3. The van der Waals surface area contributed by atoms with Crippen LogP contribution in [0, 0.1) is 17.6 Å². The van der Waals surface area contributed by atoms with E-state index in [0.717, 1.165) is 49.3 Å². The summed E-state index contributed by atoms with van der Waals surface area (Å²) in [7, 11) is 0. The van der Waals surface area contributed by atoms with Gasteiger partial charge in [0, 0.05) is 55.7 Å². The highest BCUT2D eigenvalue weighted by Gasteiger charge is 2.30. The minimum absolute atomic E-state index is 0.125. The fraction of sp³-hybridized carbons (Fsp3) is 0.375. The SMILES string of the molecule is CC(C)Cn1ncn(-c2ccc(N3CCN(c4ccc(OC[C@@H]5CO[C@@H](c6ccc(F)cc6F)O5)cc4)CC3)cc2)c1=O. The number of ether oxygens (including phenoxy) is 3. The third kappa shape index (κ3) is 6.57. The van der Waals surface area contributed by atoms with Gasteiger partial charge in [-0.3, -0.25) is 0 Å². The molecule has 226 valence electrons. The van der Waals surface area contributed by atoms with Crippen molar-refractivity contribution in [2.24, 2.45) is 5.92 Å². The van der Waals surface area contributed by atoms with E-state index in [0.29, 0.717) is 18.2 Å². The molecule has 4 aromatic rings. The lowest BCUT2D eigenvalue weighted by Gasteiger charge is -2.37. The van der Waals surface area contributed by atoms with Crippen LogP contribution in [0.15, 0.2) is 77.9 Å². The maximum atomic E-state index is 14.0. The van der Waals surface area contributed by atoms with Crippen molar-refractivity contribution in [2.75, 3.05) is 49.2 Å². The minimum atomic E-state index is -0.877. The third-order valence-corrected chi connectivity index (χ3v) is 7.65.